The number of rotatable bonds is 2. The molecule has 0 aromatic rings. The van der Waals surface area contributed by atoms with Crippen LogP contribution in [0.5, 0.6) is 0 Å². The van der Waals surface area contributed by atoms with E-state index in [0.29, 0.717) is 0 Å². The fraction of sp³-hybridized carbons (Fsp3) is 0.812. The third-order valence-corrected chi connectivity index (χ3v) is 3.38. The number of carbonyl (C=O) groups is 1. The zero-order valence-electron chi connectivity index (χ0n) is 13.8. The lowest BCUT2D eigenvalue weighted by atomic mass is 9.81. The number of hydrogen-bond donors (Lipinski definition) is 1. The van der Waals surface area contributed by atoms with Crippen LogP contribution in [0.3, 0.4) is 0 Å². The highest BCUT2D eigenvalue weighted by atomic mass is 16.6. The molecule has 1 amide bonds. The highest BCUT2D eigenvalue weighted by Crippen LogP contribution is 2.33. The second-order valence-corrected chi connectivity index (χ2v) is 7.62. The largest absolute Gasteiger partial charge is 0.444 e. The maximum absolute atomic E-state index is 12.4. The number of ether oxygens (including phenoxy) is 1. The molecule has 0 aromatic carbocycles. The van der Waals surface area contributed by atoms with E-state index >= 15 is 0 Å². The third kappa shape index (κ3) is 5.53. The summed E-state index contributed by atoms with van der Waals surface area (Å²) in [5.41, 5.74) is 5.43. The van der Waals surface area contributed by atoms with Crippen LogP contribution in [0, 0.1) is 5.41 Å². The highest BCUT2D eigenvalue weighted by Gasteiger charge is 2.36. The van der Waals surface area contributed by atoms with Gasteiger partial charge in [-0.25, -0.2) is 4.79 Å². The van der Waals surface area contributed by atoms with Crippen molar-refractivity contribution in [1.29, 1.82) is 0 Å². The van der Waals surface area contributed by atoms with Gasteiger partial charge in [0.2, 0.25) is 0 Å². The van der Waals surface area contributed by atoms with E-state index < -0.39 is 5.60 Å². The molecule has 2 unspecified atom stereocenters. The van der Waals surface area contributed by atoms with Gasteiger partial charge in [0.1, 0.15) is 5.60 Å². The van der Waals surface area contributed by atoms with Crippen molar-refractivity contribution in [3.8, 4) is 0 Å². The zero-order valence-corrected chi connectivity index (χ0v) is 13.8. The molecular formula is C16H30N2O2. The minimum Gasteiger partial charge on any atom is -0.444 e. The van der Waals surface area contributed by atoms with Gasteiger partial charge in [0.15, 0.2) is 0 Å². The van der Waals surface area contributed by atoms with Crippen LogP contribution in [-0.2, 0) is 4.74 Å². The first-order valence-corrected chi connectivity index (χ1v) is 7.44. The van der Waals surface area contributed by atoms with E-state index in [-0.39, 0.29) is 23.6 Å². The van der Waals surface area contributed by atoms with Gasteiger partial charge in [-0.1, -0.05) is 26.0 Å². The normalized spacial score (nSPS) is 24.8. The van der Waals surface area contributed by atoms with Crippen LogP contribution >= 0.6 is 0 Å². The molecule has 1 aliphatic rings. The Kier molecular flexibility index (Phi) is 5.25. The van der Waals surface area contributed by atoms with E-state index in [9.17, 15) is 4.79 Å². The van der Waals surface area contributed by atoms with Gasteiger partial charge >= 0.3 is 6.09 Å². The number of likely N-dealkylation sites (tertiary alicyclic amines) is 1. The fourth-order valence-corrected chi connectivity index (χ4v) is 2.38. The lowest BCUT2D eigenvalue weighted by Crippen LogP contribution is -2.50. The molecule has 4 nitrogen and oxygen atoms in total. The summed E-state index contributed by atoms with van der Waals surface area (Å²) >= 11 is 0. The Morgan fingerprint density at radius 1 is 1.45 bits per heavy atom. The Balaban J connectivity index is 2.85. The van der Waals surface area contributed by atoms with Crippen LogP contribution in [0.4, 0.5) is 4.79 Å². The van der Waals surface area contributed by atoms with Gasteiger partial charge in [0.05, 0.1) is 6.04 Å². The second-order valence-electron chi connectivity index (χ2n) is 7.62. The van der Waals surface area contributed by atoms with E-state index in [1.807, 2.05) is 44.7 Å². The molecule has 1 saturated heterocycles. The molecule has 1 rings (SSSR count). The molecule has 20 heavy (non-hydrogen) atoms. The summed E-state index contributed by atoms with van der Waals surface area (Å²) in [7, 11) is 0. The van der Waals surface area contributed by atoms with E-state index in [0.717, 1.165) is 19.4 Å². The molecule has 0 spiro atoms. The molecule has 2 N–H and O–H groups in total. The minimum absolute atomic E-state index is 0.00502. The molecule has 2 atom stereocenters. The van der Waals surface area contributed by atoms with Crippen LogP contribution in [-0.4, -0.2) is 35.2 Å². The Bertz CT molecular complexity index is 367. The van der Waals surface area contributed by atoms with Crippen LogP contribution < -0.4 is 5.73 Å². The van der Waals surface area contributed by atoms with Crippen LogP contribution in [0.2, 0.25) is 0 Å². The maximum atomic E-state index is 12.4. The summed E-state index contributed by atoms with van der Waals surface area (Å²) in [5.74, 6) is 0. The summed E-state index contributed by atoms with van der Waals surface area (Å²) in [6, 6.07) is 0.0919. The van der Waals surface area contributed by atoms with Gasteiger partial charge in [-0.05, 0) is 46.0 Å². The molecule has 0 radical (unpaired) electrons. The van der Waals surface area contributed by atoms with Gasteiger partial charge in [-0.15, -0.1) is 0 Å². The van der Waals surface area contributed by atoms with Crippen LogP contribution in [0.1, 0.15) is 54.4 Å². The van der Waals surface area contributed by atoms with E-state index in [4.69, 9.17) is 10.5 Å². The van der Waals surface area contributed by atoms with Crippen molar-refractivity contribution in [2.45, 2.75) is 72.1 Å². The number of carbonyl (C=O) groups excluding carboxylic acids is 1. The van der Waals surface area contributed by atoms with Gasteiger partial charge in [0.25, 0.3) is 0 Å². The van der Waals surface area contributed by atoms with Crippen molar-refractivity contribution in [1.82, 2.24) is 4.90 Å². The predicted molar refractivity (Wildman–Crippen MR) is 82.5 cm³/mol. The van der Waals surface area contributed by atoms with Crippen molar-refractivity contribution in [3.63, 3.8) is 0 Å². The lowest BCUT2D eigenvalue weighted by molar-refractivity contribution is -0.000428. The number of nitrogens with zero attached hydrogens (tertiary/aromatic N) is 1. The average molecular weight is 282 g/mol. The van der Waals surface area contributed by atoms with Crippen molar-refractivity contribution >= 4 is 6.09 Å². The third-order valence-electron chi connectivity index (χ3n) is 3.38. The summed E-state index contributed by atoms with van der Waals surface area (Å²) in [5, 5.41) is 0. The molecule has 1 aliphatic heterocycles. The molecule has 1 heterocycles. The topological polar surface area (TPSA) is 55.6 Å². The molecular weight excluding hydrogens is 252 g/mol. The van der Waals surface area contributed by atoms with Crippen molar-refractivity contribution in [2.24, 2.45) is 11.1 Å². The predicted octanol–water partition coefficient (Wildman–Crippen LogP) is 3.32. The van der Waals surface area contributed by atoms with E-state index in [1.165, 1.54) is 0 Å². The van der Waals surface area contributed by atoms with Crippen molar-refractivity contribution in [2.75, 3.05) is 6.54 Å². The number of hydrogen-bond acceptors (Lipinski definition) is 3. The molecule has 0 aliphatic carbocycles. The molecule has 116 valence electrons. The van der Waals surface area contributed by atoms with Crippen LogP contribution in [0.15, 0.2) is 12.2 Å². The quantitative estimate of drug-likeness (QED) is 0.790. The number of amides is 1. The first-order chi connectivity index (χ1) is 9.00. The van der Waals surface area contributed by atoms with E-state index in [2.05, 4.69) is 13.8 Å². The highest BCUT2D eigenvalue weighted by molar-refractivity contribution is 5.69. The first kappa shape index (κ1) is 17.0. The SMILES string of the molecule is CC(N)/C=C/C1CCC(C)(C)CN1C(=O)OC(C)(C)C. The molecule has 4 heteroatoms. The number of piperidine rings is 1. The summed E-state index contributed by atoms with van der Waals surface area (Å²) in [6.07, 6.45) is 5.82. The van der Waals surface area contributed by atoms with Gasteiger partial charge in [-0.2, -0.15) is 0 Å². The van der Waals surface area contributed by atoms with Gasteiger partial charge in [0, 0.05) is 12.6 Å². The monoisotopic (exact) mass is 282 g/mol. The molecule has 0 bridgehead atoms. The Hall–Kier alpha value is -1.03. The van der Waals surface area contributed by atoms with Crippen LogP contribution in [0.25, 0.3) is 0 Å². The van der Waals surface area contributed by atoms with Gasteiger partial charge in [-0.3, -0.25) is 0 Å². The summed E-state index contributed by atoms with van der Waals surface area (Å²) in [4.78, 5) is 14.2. The first-order valence-electron chi connectivity index (χ1n) is 7.44. The average Bonchev–Trinajstić information content (AvgIpc) is 2.23. The lowest BCUT2D eigenvalue weighted by Gasteiger charge is -2.43. The number of nitrogens with two attached hydrogens (primary N) is 1. The molecule has 1 fully saturated rings. The zero-order chi connectivity index (χ0) is 15.6. The smallest absolute Gasteiger partial charge is 0.410 e. The fourth-order valence-electron chi connectivity index (χ4n) is 2.38. The molecule has 0 saturated carbocycles. The standard InChI is InChI=1S/C16H30N2O2/c1-12(17)7-8-13-9-10-16(5,6)11-18(13)14(19)20-15(2,3)4/h7-8,12-13H,9-11,17H2,1-6H3/b8-7+. The maximum Gasteiger partial charge on any atom is 0.410 e. The Morgan fingerprint density at radius 2 is 2.05 bits per heavy atom. The minimum atomic E-state index is -0.464. The second kappa shape index (κ2) is 6.17. The Morgan fingerprint density at radius 3 is 2.55 bits per heavy atom. The summed E-state index contributed by atoms with van der Waals surface area (Å²) in [6.45, 7) is 12.7. The molecule has 0 aromatic heterocycles. The van der Waals surface area contributed by atoms with Gasteiger partial charge < -0.3 is 15.4 Å². The summed E-state index contributed by atoms with van der Waals surface area (Å²) < 4.78 is 5.53. The van der Waals surface area contributed by atoms with Crippen molar-refractivity contribution in [3.05, 3.63) is 12.2 Å². The van der Waals surface area contributed by atoms with E-state index in [1.54, 1.807) is 0 Å². The Labute approximate surface area is 123 Å². The van der Waals surface area contributed by atoms with Crippen molar-refractivity contribution < 1.29 is 9.53 Å².